The Morgan fingerprint density at radius 2 is 2.08 bits per heavy atom. The summed E-state index contributed by atoms with van der Waals surface area (Å²) >= 11 is 6.16. The molecule has 124 valence electrons. The predicted octanol–water partition coefficient (Wildman–Crippen LogP) is 4.57. The number of carboxylic acids is 1. The zero-order chi connectivity index (χ0) is 17.4. The molecule has 3 aromatic rings. The summed E-state index contributed by atoms with van der Waals surface area (Å²) in [6.07, 6.45) is -0.198. The van der Waals surface area contributed by atoms with E-state index in [2.05, 4.69) is 4.98 Å². The molecule has 24 heavy (non-hydrogen) atoms. The van der Waals surface area contributed by atoms with Crippen molar-refractivity contribution < 1.29 is 19.0 Å². The minimum atomic E-state index is -0.972. The number of rotatable bonds is 4. The number of carbonyl (C=O) groups is 1. The summed E-state index contributed by atoms with van der Waals surface area (Å²) in [5.41, 5.74) is 3.11. The molecule has 3 rings (SSSR count). The van der Waals surface area contributed by atoms with E-state index in [-0.39, 0.29) is 6.42 Å². The molecule has 0 unspecified atom stereocenters. The Hall–Kier alpha value is -2.53. The van der Waals surface area contributed by atoms with E-state index >= 15 is 0 Å². The molecule has 0 radical (unpaired) electrons. The minimum Gasteiger partial charge on any atom is -0.496 e. The Kier molecular flexibility index (Phi) is 4.20. The number of hydrogen-bond donors (Lipinski definition) is 2. The molecule has 4 nitrogen and oxygen atoms in total. The van der Waals surface area contributed by atoms with Crippen LogP contribution in [0.25, 0.3) is 22.2 Å². The third-order valence-corrected chi connectivity index (χ3v) is 4.44. The van der Waals surface area contributed by atoms with Crippen molar-refractivity contribution in [2.75, 3.05) is 7.11 Å². The Bertz CT molecular complexity index is 949. The number of carboxylic acid groups (broad SMARTS) is 1. The van der Waals surface area contributed by atoms with Gasteiger partial charge in [0.25, 0.3) is 0 Å². The molecule has 0 amide bonds. The maximum Gasteiger partial charge on any atom is 0.307 e. The van der Waals surface area contributed by atoms with Gasteiger partial charge in [0.2, 0.25) is 0 Å². The molecule has 6 heteroatoms. The molecular weight excluding hydrogens is 333 g/mol. The SMILES string of the molecule is COc1ccc(F)cc1-c1[nH]c2c(C)c(Cl)ccc2c1CC(=O)O. The van der Waals surface area contributed by atoms with Crippen molar-refractivity contribution in [2.45, 2.75) is 13.3 Å². The second kappa shape index (κ2) is 6.17. The number of methoxy groups -OCH3 is 1. The Balaban J connectivity index is 2.37. The highest BCUT2D eigenvalue weighted by atomic mass is 35.5. The van der Waals surface area contributed by atoms with Gasteiger partial charge >= 0.3 is 5.97 Å². The average molecular weight is 348 g/mol. The first-order valence-corrected chi connectivity index (χ1v) is 7.65. The molecule has 0 aliphatic rings. The number of benzene rings is 2. The smallest absolute Gasteiger partial charge is 0.307 e. The molecule has 2 aromatic carbocycles. The normalized spacial score (nSPS) is 11.0. The van der Waals surface area contributed by atoms with E-state index in [1.807, 2.05) is 6.92 Å². The van der Waals surface area contributed by atoms with Crippen molar-refractivity contribution in [2.24, 2.45) is 0 Å². The van der Waals surface area contributed by atoms with Crippen LogP contribution in [0.2, 0.25) is 5.02 Å². The van der Waals surface area contributed by atoms with Gasteiger partial charge in [0.1, 0.15) is 11.6 Å². The van der Waals surface area contributed by atoms with Crippen LogP contribution in [0.3, 0.4) is 0 Å². The average Bonchev–Trinajstić information content (AvgIpc) is 2.89. The van der Waals surface area contributed by atoms with Crippen LogP contribution in [0.4, 0.5) is 4.39 Å². The van der Waals surface area contributed by atoms with E-state index in [0.717, 1.165) is 16.5 Å². The summed E-state index contributed by atoms with van der Waals surface area (Å²) in [5, 5.41) is 10.6. The van der Waals surface area contributed by atoms with Gasteiger partial charge in [0.05, 0.1) is 24.7 Å². The lowest BCUT2D eigenvalue weighted by Crippen LogP contribution is -2.01. The topological polar surface area (TPSA) is 62.3 Å². The summed E-state index contributed by atoms with van der Waals surface area (Å²) in [6, 6.07) is 7.64. The molecule has 1 heterocycles. The highest BCUT2D eigenvalue weighted by Gasteiger charge is 2.20. The van der Waals surface area contributed by atoms with E-state index in [1.165, 1.54) is 25.3 Å². The number of hydrogen-bond acceptors (Lipinski definition) is 2. The van der Waals surface area contributed by atoms with Gasteiger partial charge in [-0.2, -0.15) is 0 Å². The number of aryl methyl sites for hydroxylation is 1. The zero-order valence-electron chi connectivity index (χ0n) is 13.1. The van der Waals surface area contributed by atoms with Gasteiger partial charge < -0.3 is 14.8 Å². The Morgan fingerprint density at radius 1 is 1.33 bits per heavy atom. The highest BCUT2D eigenvalue weighted by molar-refractivity contribution is 6.32. The standard InChI is InChI=1S/C18H15ClFNO3/c1-9-14(19)5-4-11-12(8-16(22)23)18(21-17(9)11)13-7-10(20)3-6-15(13)24-2/h3-7,21H,8H2,1-2H3,(H,22,23). The molecule has 0 atom stereocenters. The first-order valence-electron chi connectivity index (χ1n) is 7.27. The Morgan fingerprint density at radius 3 is 2.75 bits per heavy atom. The van der Waals surface area contributed by atoms with Crippen molar-refractivity contribution >= 4 is 28.5 Å². The van der Waals surface area contributed by atoms with Crippen molar-refractivity contribution in [3.05, 3.63) is 52.3 Å². The number of aromatic amines is 1. The minimum absolute atomic E-state index is 0.198. The lowest BCUT2D eigenvalue weighted by molar-refractivity contribution is -0.136. The fourth-order valence-electron chi connectivity index (χ4n) is 2.87. The van der Waals surface area contributed by atoms with Crippen LogP contribution in [0.1, 0.15) is 11.1 Å². The summed E-state index contributed by atoms with van der Waals surface area (Å²) in [7, 11) is 1.48. The maximum atomic E-state index is 13.8. The second-order valence-electron chi connectivity index (χ2n) is 5.49. The van der Waals surface area contributed by atoms with E-state index in [0.29, 0.717) is 27.6 Å². The second-order valence-corrected chi connectivity index (χ2v) is 5.90. The molecule has 0 saturated carbocycles. The van der Waals surface area contributed by atoms with Gasteiger partial charge in [0, 0.05) is 16.0 Å². The van der Waals surface area contributed by atoms with Gasteiger partial charge in [-0.3, -0.25) is 4.79 Å². The number of halogens is 2. The summed E-state index contributed by atoms with van der Waals surface area (Å²) in [6.45, 7) is 1.85. The first kappa shape index (κ1) is 16.3. The van der Waals surface area contributed by atoms with E-state index < -0.39 is 11.8 Å². The summed E-state index contributed by atoms with van der Waals surface area (Å²) < 4.78 is 19.1. The van der Waals surface area contributed by atoms with Crippen LogP contribution >= 0.6 is 11.6 Å². The molecule has 2 N–H and O–H groups in total. The largest absolute Gasteiger partial charge is 0.496 e. The fraction of sp³-hybridized carbons (Fsp3) is 0.167. The summed E-state index contributed by atoms with van der Waals surface area (Å²) in [4.78, 5) is 14.5. The van der Waals surface area contributed by atoms with Crippen LogP contribution in [0.5, 0.6) is 5.75 Å². The Labute approximate surface area is 142 Å². The highest BCUT2D eigenvalue weighted by Crippen LogP contribution is 2.38. The number of nitrogens with one attached hydrogen (secondary N) is 1. The number of H-pyrrole nitrogens is 1. The van der Waals surface area contributed by atoms with Crippen molar-refractivity contribution in [1.29, 1.82) is 0 Å². The third kappa shape index (κ3) is 2.71. The third-order valence-electron chi connectivity index (χ3n) is 4.03. The zero-order valence-corrected chi connectivity index (χ0v) is 13.9. The molecule has 0 aliphatic carbocycles. The predicted molar refractivity (Wildman–Crippen MR) is 91.3 cm³/mol. The lowest BCUT2D eigenvalue weighted by Gasteiger charge is -2.09. The quantitative estimate of drug-likeness (QED) is 0.726. The van der Waals surface area contributed by atoms with Crippen molar-refractivity contribution in [3.8, 4) is 17.0 Å². The number of aromatic nitrogens is 1. The number of ether oxygens (including phenoxy) is 1. The molecular formula is C18H15ClFNO3. The van der Waals surface area contributed by atoms with Crippen LogP contribution < -0.4 is 4.74 Å². The molecule has 0 bridgehead atoms. The van der Waals surface area contributed by atoms with Gasteiger partial charge in [-0.25, -0.2) is 4.39 Å². The van der Waals surface area contributed by atoms with Crippen LogP contribution in [-0.2, 0) is 11.2 Å². The van der Waals surface area contributed by atoms with Gasteiger partial charge in [-0.15, -0.1) is 0 Å². The van der Waals surface area contributed by atoms with Gasteiger partial charge in [-0.1, -0.05) is 17.7 Å². The van der Waals surface area contributed by atoms with E-state index in [4.69, 9.17) is 16.3 Å². The number of aliphatic carboxylic acids is 1. The monoisotopic (exact) mass is 347 g/mol. The van der Waals surface area contributed by atoms with E-state index in [9.17, 15) is 14.3 Å². The van der Waals surface area contributed by atoms with Crippen LogP contribution in [0.15, 0.2) is 30.3 Å². The van der Waals surface area contributed by atoms with Crippen molar-refractivity contribution in [3.63, 3.8) is 0 Å². The summed E-state index contributed by atoms with van der Waals surface area (Å²) in [5.74, 6) is -0.945. The maximum absolute atomic E-state index is 13.8. The van der Waals surface area contributed by atoms with Gasteiger partial charge in [0.15, 0.2) is 0 Å². The van der Waals surface area contributed by atoms with Crippen LogP contribution in [-0.4, -0.2) is 23.2 Å². The molecule has 0 saturated heterocycles. The van der Waals surface area contributed by atoms with Gasteiger partial charge in [-0.05, 0) is 42.3 Å². The molecule has 1 aromatic heterocycles. The molecule has 0 aliphatic heterocycles. The number of fused-ring (bicyclic) bond motifs is 1. The van der Waals surface area contributed by atoms with Crippen molar-refractivity contribution in [1.82, 2.24) is 4.98 Å². The molecule has 0 fully saturated rings. The molecule has 0 spiro atoms. The van der Waals surface area contributed by atoms with Crippen LogP contribution in [0, 0.1) is 12.7 Å². The van der Waals surface area contributed by atoms with E-state index in [1.54, 1.807) is 12.1 Å². The fourth-order valence-corrected chi connectivity index (χ4v) is 3.03. The first-order chi connectivity index (χ1) is 11.4. The lowest BCUT2D eigenvalue weighted by atomic mass is 10.0.